The first-order valence-corrected chi connectivity index (χ1v) is 5.80. The standard InChI is InChI=1S/C15H10FN3/c16-15-13(11-3-1-5-17-7-11)9-19-10-14(15)12-4-2-6-18-8-12/h1-10H. The fourth-order valence-corrected chi connectivity index (χ4v) is 1.89. The fourth-order valence-electron chi connectivity index (χ4n) is 1.89. The van der Waals surface area contributed by atoms with Gasteiger partial charge in [0.05, 0.1) is 0 Å². The molecule has 0 fully saturated rings. The number of halogens is 1. The van der Waals surface area contributed by atoms with E-state index in [0.717, 1.165) is 0 Å². The molecule has 0 saturated heterocycles. The van der Waals surface area contributed by atoms with E-state index >= 15 is 0 Å². The van der Waals surface area contributed by atoms with E-state index < -0.39 is 0 Å². The number of hydrogen-bond acceptors (Lipinski definition) is 3. The van der Waals surface area contributed by atoms with Gasteiger partial charge in [0.15, 0.2) is 0 Å². The van der Waals surface area contributed by atoms with Crippen LogP contribution in [0.1, 0.15) is 0 Å². The second kappa shape index (κ2) is 4.94. The predicted octanol–water partition coefficient (Wildman–Crippen LogP) is 3.34. The average Bonchev–Trinajstić information content (AvgIpc) is 2.49. The highest BCUT2D eigenvalue weighted by atomic mass is 19.1. The monoisotopic (exact) mass is 251 g/mol. The maximum atomic E-state index is 14.5. The van der Waals surface area contributed by atoms with Crippen molar-refractivity contribution in [1.29, 1.82) is 0 Å². The normalized spacial score (nSPS) is 10.4. The molecular weight excluding hydrogens is 241 g/mol. The van der Waals surface area contributed by atoms with E-state index in [1.807, 2.05) is 0 Å². The van der Waals surface area contributed by atoms with E-state index in [9.17, 15) is 4.39 Å². The molecule has 0 aromatic carbocycles. The molecule has 0 unspecified atom stereocenters. The third kappa shape index (κ3) is 2.20. The Morgan fingerprint density at radius 1 is 0.684 bits per heavy atom. The Bertz CT molecular complexity index is 627. The van der Waals surface area contributed by atoms with Gasteiger partial charge in [0.25, 0.3) is 0 Å². The molecule has 0 aliphatic rings. The maximum Gasteiger partial charge on any atom is 0.142 e. The minimum atomic E-state index is -0.309. The molecule has 0 radical (unpaired) electrons. The third-order valence-electron chi connectivity index (χ3n) is 2.83. The van der Waals surface area contributed by atoms with Crippen LogP contribution in [0.5, 0.6) is 0 Å². The number of nitrogens with zero attached hydrogens (tertiary/aromatic N) is 3. The van der Waals surface area contributed by atoms with Crippen LogP contribution < -0.4 is 0 Å². The van der Waals surface area contributed by atoms with Crippen LogP contribution in [0, 0.1) is 5.82 Å². The second-order valence-electron chi connectivity index (χ2n) is 4.03. The van der Waals surface area contributed by atoms with E-state index in [0.29, 0.717) is 22.3 Å². The molecule has 0 spiro atoms. The van der Waals surface area contributed by atoms with E-state index in [1.54, 1.807) is 49.1 Å². The molecular formula is C15H10FN3. The Morgan fingerprint density at radius 2 is 1.21 bits per heavy atom. The first-order chi connectivity index (χ1) is 9.36. The molecule has 3 nitrogen and oxygen atoms in total. The molecule has 0 saturated carbocycles. The number of hydrogen-bond donors (Lipinski definition) is 0. The van der Waals surface area contributed by atoms with Crippen molar-refractivity contribution in [3.8, 4) is 22.3 Å². The smallest absolute Gasteiger partial charge is 0.142 e. The van der Waals surface area contributed by atoms with Gasteiger partial charge in [-0.25, -0.2) is 4.39 Å². The zero-order valence-electron chi connectivity index (χ0n) is 9.99. The summed E-state index contributed by atoms with van der Waals surface area (Å²) < 4.78 is 14.5. The molecule has 92 valence electrons. The quantitative estimate of drug-likeness (QED) is 0.701. The van der Waals surface area contributed by atoms with Crippen LogP contribution in [-0.2, 0) is 0 Å². The molecule has 3 aromatic rings. The van der Waals surface area contributed by atoms with Crippen molar-refractivity contribution in [3.05, 3.63) is 67.3 Å². The maximum absolute atomic E-state index is 14.5. The lowest BCUT2D eigenvalue weighted by molar-refractivity contribution is 0.632. The molecule has 0 aliphatic heterocycles. The summed E-state index contributed by atoms with van der Waals surface area (Å²) in [4.78, 5) is 12.1. The molecule has 0 N–H and O–H groups in total. The van der Waals surface area contributed by atoms with Crippen molar-refractivity contribution in [2.45, 2.75) is 0 Å². The van der Waals surface area contributed by atoms with Crippen LogP contribution in [0.25, 0.3) is 22.3 Å². The van der Waals surface area contributed by atoms with Gasteiger partial charge in [0.2, 0.25) is 0 Å². The summed E-state index contributed by atoms with van der Waals surface area (Å²) in [6, 6.07) is 7.15. The molecule has 0 bridgehead atoms. The van der Waals surface area contributed by atoms with Gasteiger partial charge in [-0.2, -0.15) is 0 Å². The molecule has 3 heterocycles. The van der Waals surface area contributed by atoms with E-state index in [2.05, 4.69) is 15.0 Å². The van der Waals surface area contributed by atoms with Gasteiger partial charge in [-0.15, -0.1) is 0 Å². The molecule has 19 heavy (non-hydrogen) atoms. The van der Waals surface area contributed by atoms with Crippen LogP contribution in [0.15, 0.2) is 61.4 Å². The zero-order chi connectivity index (χ0) is 13.1. The largest absolute Gasteiger partial charge is 0.264 e. The Balaban J connectivity index is 2.15. The number of rotatable bonds is 2. The first-order valence-electron chi connectivity index (χ1n) is 5.80. The summed E-state index contributed by atoms with van der Waals surface area (Å²) >= 11 is 0. The molecule has 3 aromatic heterocycles. The van der Waals surface area contributed by atoms with Crippen LogP contribution in [0.3, 0.4) is 0 Å². The fraction of sp³-hybridized carbons (Fsp3) is 0. The van der Waals surface area contributed by atoms with E-state index in [4.69, 9.17) is 0 Å². The Kier molecular flexibility index (Phi) is 2.98. The third-order valence-corrected chi connectivity index (χ3v) is 2.83. The molecule has 0 aliphatic carbocycles. The van der Waals surface area contributed by atoms with Crippen molar-refractivity contribution in [2.24, 2.45) is 0 Å². The highest BCUT2D eigenvalue weighted by molar-refractivity contribution is 5.71. The molecule has 0 atom stereocenters. The van der Waals surface area contributed by atoms with Crippen LogP contribution in [0.4, 0.5) is 4.39 Å². The summed E-state index contributed by atoms with van der Waals surface area (Å²) in [5.41, 5.74) is 2.29. The number of pyridine rings is 3. The lowest BCUT2D eigenvalue weighted by atomic mass is 10.0. The minimum Gasteiger partial charge on any atom is -0.264 e. The SMILES string of the molecule is Fc1c(-c2cccnc2)cncc1-c1cccnc1. The lowest BCUT2D eigenvalue weighted by Crippen LogP contribution is -1.92. The summed E-state index contributed by atoms with van der Waals surface area (Å²) in [5, 5.41) is 0. The molecule has 4 heteroatoms. The predicted molar refractivity (Wildman–Crippen MR) is 70.7 cm³/mol. The van der Waals surface area contributed by atoms with Gasteiger partial charge in [-0.05, 0) is 12.1 Å². The van der Waals surface area contributed by atoms with Crippen LogP contribution in [-0.4, -0.2) is 15.0 Å². The second-order valence-corrected chi connectivity index (χ2v) is 4.03. The summed E-state index contributed by atoms with van der Waals surface area (Å²) in [7, 11) is 0. The van der Waals surface area contributed by atoms with Crippen molar-refractivity contribution in [3.63, 3.8) is 0 Å². The highest BCUT2D eigenvalue weighted by Crippen LogP contribution is 2.28. The summed E-state index contributed by atoms with van der Waals surface area (Å²) in [6.07, 6.45) is 9.55. The molecule has 0 amide bonds. The average molecular weight is 251 g/mol. The van der Waals surface area contributed by atoms with Gasteiger partial charge < -0.3 is 0 Å². The Hall–Kier alpha value is -2.62. The van der Waals surface area contributed by atoms with Gasteiger partial charge in [-0.1, -0.05) is 12.1 Å². The van der Waals surface area contributed by atoms with Crippen molar-refractivity contribution < 1.29 is 4.39 Å². The summed E-state index contributed by atoms with van der Waals surface area (Å²) in [5.74, 6) is -0.309. The van der Waals surface area contributed by atoms with E-state index in [1.165, 1.54) is 12.4 Å². The first kappa shape index (κ1) is 11.5. The highest BCUT2D eigenvalue weighted by Gasteiger charge is 2.12. The van der Waals surface area contributed by atoms with Gasteiger partial charge in [-0.3, -0.25) is 15.0 Å². The van der Waals surface area contributed by atoms with Crippen molar-refractivity contribution >= 4 is 0 Å². The minimum absolute atomic E-state index is 0.309. The van der Waals surface area contributed by atoms with Crippen LogP contribution >= 0.6 is 0 Å². The van der Waals surface area contributed by atoms with Crippen molar-refractivity contribution in [2.75, 3.05) is 0 Å². The topological polar surface area (TPSA) is 38.7 Å². The Morgan fingerprint density at radius 3 is 1.63 bits per heavy atom. The van der Waals surface area contributed by atoms with E-state index in [-0.39, 0.29) is 5.82 Å². The number of aromatic nitrogens is 3. The summed E-state index contributed by atoms with van der Waals surface area (Å²) in [6.45, 7) is 0. The van der Waals surface area contributed by atoms with Gasteiger partial charge >= 0.3 is 0 Å². The molecule has 3 rings (SSSR count). The van der Waals surface area contributed by atoms with Crippen molar-refractivity contribution in [1.82, 2.24) is 15.0 Å². The Labute approximate surface area is 109 Å². The van der Waals surface area contributed by atoms with Gasteiger partial charge in [0.1, 0.15) is 5.82 Å². The zero-order valence-corrected chi connectivity index (χ0v) is 9.99. The van der Waals surface area contributed by atoms with Crippen LogP contribution in [0.2, 0.25) is 0 Å². The van der Waals surface area contributed by atoms with Gasteiger partial charge in [0, 0.05) is 59.4 Å². The lowest BCUT2D eigenvalue weighted by Gasteiger charge is -2.07.